The van der Waals surface area contributed by atoms with Gasteiger partial charge in [-0.15, -0.1) is 0 Å². The zero-order chi connectivity index (χ0) is 21.8. The largest absolute Gasteiger partial charge is 0.444 e. The molecule has 170 valence electrons. The van der Waals surface area contributed by atoms with E-state index < -0.39 is 21.7 Å². The van der Waals surface area contributed by atoms with Crippen LogP contribution < -0.4 is 20.7 Å². The third-order valence-corrected chi connectivity index (χ3v) is 5.19. The van der Waals surface area contributed by atoms with Crippen LogP contribution in [0.2, 0.25) is 0 Å². The molecule has 1 aliphatic heterocycles. The number of rotatable bonds is 10. The van der Waals surface area contributed by atoms with Crippen LogP contribution in [0.15, 0.2) is 4.99 Å². The normalized spacial score (nSPS) is 18.2. The summed E-state index contributed by atoms with van der Waals surface area (Å²) in [4.78, 5) is 15.9. The van der Waals surface area contributed by atoms with Gasteiger partial charge in [0.15, 0.2) is 5.96 Å². The van der Waals surface area contributed by atoms with Crippen LogP contribution >= 0.6 is 0 Å². The fourth-order valence-electron chi connectivity index (χ4n) is 2.54. The molecule has 10 nitrogen and oxygen atoms in total. The molecule has 29 heavy (non-hydrogen) atoms. The molecular weight excluding hydrogens is 398 g/mol. The molecule has 0 saturated carbocycles. The van der Waals surface area contributed by atoms with Crippen LogP contribution in [0.25, 0.3) is 0 Å². The van der Waals surface area contributed by atoms with Gasteiger partial charge in [0.25, 0.3) is 0 Å². The number of nitrogens with one attached hydrogen (secondary N) is 4. The SMILES string of the molecule is CCNC(=NCCS(=O)(=O)NCC1CCCCO1)NCCNC(=O)OC(C)(C)C. The van der Waals surface area contributed by atoms with Crippen molar-refractivity contribution in [3.05, 3.63) is 0 Å². The summed E-state index contributed by atoms with van der Waals surface area (Å²) in [6.45, 7) is 9.83. The third kappa shape index (κ3) is 13.3. The van der Waals surface area contributed by atoms with Crippen molar-refractivity contribution < 1.29 is 22.7 Å². The van der Waals surface area contributed by atoms with Crippen molar-refractivity contribution in [3.63, 3.8) is 0 Å². The average molecular weight is 436 g/mol. The molecule has 0 aromatic heterocycles. The average Bonchev–Trinajstić information content (AvgIpc) is 2.63. The third-order valence-electron chi connectivity index (χ3n) is 3.86. The Labute approximate surface area is 174 Å². The number of amides is 1. The van der Waals surface area contributed by atoms with Gasteiger partial charge in [-0.05, 0) is 47.0 Å². The van der Waals surface area contributed by atoms with Gasteiger partial charge in [0.05, 0.1) is 18.4 Å². The first-order chi connectivity index (χ1) is 13.6. The molecule has 0 aromatic carbocycles. The number of sulfonamides is 1. The predicted molar refractivity (Wildman–Crippen MR) is 114 cm³/mol. The number of ether oxygens (including phenoxy) is 2. The van der Waals surface area contributed by atoms with E-state index in [1.165, 1.54) is 0 Å². The lowest BCUT2D eigenvalue weighted by molar-refractivity contribution is 0.0200. The van der Waals surface area contributed by atoms with Gasteiger partial charge in [0.1, 0.15) is 5.60 Å². The monoisotopic (exact) mass is 435 g/mol. The molecule has 0 bridgehead atoms. The Morgan fingerprint density at radius 3 is 2.52 bits per heavy atom. The van der Waals surface area contributed by atoms with Crippen LogP contribution in [0.3, 0.4) is 0 Å². The molecule has 0 aromatic rings. The Morgan fingerprint density at radius 1 is 1.17 bits per heavy atom. The lowest BCUT2D eigenvalue weighted by atomic mass is 10.1. The molecule has 1 fully saturated rings. The van der Waals surface area contributed by atoms with E-state index in [4.69, 9.17) is 9.47 Å². The lowest BCUT2D eigenvalue weighted by Crippen LogP contribution is -2.43. The molecule has 1 aliphatic rings. The lowest BCUT2D eigenvalue weighted by Gasteiger charge is -2.22. The second-order valence-electron chi connectivity index (χ2n) is 7.77. The van der Waals surface area contributed by atoms with E-state index in [9.17, 15) is 13.2 Å². The maximum Gasteiger partial charge on any atom is 0.407 e. The van der Waals surface area contributed by atoms with E-state index >= 15 is 0 Å². The summed E-state index contributed by atoms with van der Waals surface area (Å²) in [5.41, 5.74) is -0.545. The van der Waals surface area contributed by atoms with Gasteiger partial charge >= 0.3 is 6.09 Å². The van der Waals surface area contributed by atoms with Gasteiger partial charge < -0.3 is 25.4 Å². The summed E-state index contributed by atoms with van der Waals surface area (Å²) in [5, 5.41) is 8.72. The van der Waals surface area contributed by atoms with Gasteiger partial charge in [-0.3, -0.25) is 4.99 Å². The van der Waals surface area contributed by atoms with Crippen molar-refractivity contribution >= 4 is 22.1 Å². The second-order valence-corrected chi connectivity index (χ2v) is 9.70. The fraction of sp³-hybridized carbons (Fsp3) is 0.889. The van der Waals surface area contributed by atoms with E-state index in [2.05, 4.69) is 25.7 Å². The van der Waals surface area contributed by atoms with Crippen molar-refractivity contribution in [2.45, 2.75) is 58.7 Å². The summed E-state index contributed by atoms with van der Waals surface area (Å²) in [6, 6.07) is 0. The predicted octanol–water partition coefficient (Wildman–Crippen LogP) is 0.555. The number of alkyl carbamates (subject to hydrolysis) is 1. The molecule has 1 unspecified atom stereocenters. The summed E-state index contributed by atoms with van der Waals surface area (Å²) < 4.78 is 37.5. The van der Waals surface area contributed by atoms with Crippen molar-refractivity contribution in [3.8, 4) is 0 Å². The Morgan fingerprint density at radius 2 is 1.90 bits per heavy atom. The van der Waals surface area contributed by atoms with E-state index in [1.807, 2.05) is 6.92 Å². The Hall–Kier alpha value is -1.59. The molecule has 0 spiro atoms. The van der Waals surface area contributed by atoms with Crippen LogP contribution in [0.1, 0.15) is 47.0 Å². The van der Waals surface area contributed by atoms with Gasteiger partial charge in [-0.1, -0.05) is 0 Å². The fourth-order valence-corrected chi connectivity index (χ4v) is 3.46. The topological polar surface area (TPSA) is 130 Å². The number of aliphatic imine (C=N–C) groups is 1. The molecule has 1 amide bonds. The number of nitrogens with zero attached hydrogens (tertiary/aromatic N) is 1. The molecule has 1 atom stereocenters. The van der Waals surface area contributed by atoms with E-state index in [0.29, 0.717) is 38.7 Å². The van der Waals surface area contributed by atoms with Crippen molar-refractivity contribution in [1.82, 2.24) is 20.7 Å². The highest BCUT2D eigenvalue weighted by Gasteiger charge is 2.18. The molecule has 0 aliphatic carbocycles. The molecular formula is C18H37N5O5S. The highest BCUT2D eigenvalue weighted by atomic mass is 32.2. The zero-order valence-electron chi connectivity index (χ0n) is 18.0. The Balaban J connectivity index is 2.31. The minimum atomic E-state index is -3.41. The highest BCUT2D eigenvalue weighted by molar-refractivity contribution is 7.89. The summed E-state index contributed by atoms with van der Waals surface area (Å²) in [7, 11) is -3.41. The number of carbonyl (C=O) groups is 1. The minimum Gasteiger partial charge on any atom is -0.444 e. The Bertz CT molecular complexity index is 613. The second kappa shape index (κ2) is 12.9. The molecule has 11 heteroatoms. The summed E-state index contributed by atoms with van der Waals surface area (Å²) >= 11 is 0. The van der Waals surface area contributed by atoms with E-state index in [-0.39, 0.29) is 18.4 Å². The molecule has 4 N–H and O–H groups in total. The quantitative estimate of drug-likeness (QED) is 0.224. The number of hydrogen-bond acceptors (Lipinski definition) is 6. The van der Waals surface area contributed by atoms with Gasteiger partial charge in [0, 0.05) is 32.8 Å². The van der Waals surface area contributed by atoms with E-state index in [0.717, 1.165) is 19.3 Å². The number of guanidine groups is 1. The van der Waals surface area contributed by atoms with Gasteiger partial charge in [0.2, 0.25) is 10.0 Å². The minimum absolute atomic E-state index is 0.0431. The van der Waals surface area contributed by atoms with Crippen molar-refractivity contribution in [2.24, 2.45) is 4.99 Å². The number of carbonyl (C=O) groups excluding carboxylic acids is 1. The molecule has 1 rings (SSSR count). The Kier molecular flexibility index (Phi) is 11.3. The van der Waals surface area contributed by atoms with Crippen LogP contribution in [0.4, 0.5) is 4.79 Å². The van der Waals surface area contributed by atoms with Crippen molar-refractivity contribution in [1.29, 1.82) is 0 Å². The maximum absolute atomic E-state index is 12.1. The highest BCUT2D eigenvalue weighted by Crippen LogP contribution is 2.11. The maximum atomic E-state index is 12.1. The standard InChI is InChI=1S/C18H37N5O5S/c1-5-19-16(20-9-10-22-17(24)28-18(2,3)4)21-11-13-29(25,26)23-14-15-8-6-7-12-27-15/h15,23H,5-14H2,1-4H3,(H,22,24)(H2,19,20,21). The number of hydrogen-bond donors (Lipinski definition) is 4. The van der Waals surface area contributed by atoms with E-state index in [1.54, 1.807) is 20.8 Å². The smallest absolute Gasteiger partial charge is 0.407 e. The van der Waals surface area contributed by atoms with Crippen LogP contribution in [-0.2, 0) is 19.5 Å². The van der Waals surface area contributed by atoms with Crippen LogP contribution in [0.5, 0.6) is 0 Å². The molecule has 1 heterocycles. The first-order valence-corrected chi connectivity index (χ1v) is 11.8. The first-order valence-electron chi connectivity index (χ1n) is 10.2. The van der Waals surface area contributed by atoms with Crippen LogP contribution in [-0.4, -0.2) is 77.3 Å². The first kappa shape index (κ1) is 25.4. The zero-order valence-corrected chi connectivity index (χ0v) is 18.9. The van der Waals surface area contributed by atoms with Crippen molar-refractivity contribution in [2.75, 3.05) is 45.1 Å². The van der Waals surface area contributed by atoms with Crippen LogP contribution in [0, 0.1) is 0 Å². The summed E-state index contributed by atoms with van der Waals surface area (Å²) in [6.07, 6.45) is 2.45. The molecule has 0 radical (unpaired) electrons. The molecule has 1 saturated heterocycles. The van der Waals surface area contributed by atoms with Gasteiger partial charge in [-0.2, -0.15) is 0 Å². The summed E-state index contributed by atoms with van der Waals surface area (Å²) in [5.74, 6) is 0.385. The van der Waals surface area contributed by atoms with Gasteiger partial charge in [-0.25, -0.2) is 17.9 Å².